The lowest BCUT2D eigenvalue weighted by Crippen LogP contribution is -2.12. The monoisotopic (exact) mass is 980 g/mol. The van der Waals surface area contributed by atoms with Crippen LogP contribution in [-0.4, -0.2) is 57.4 Å². The van der Waals surface area contributed by atoms with E-state index in [9.17, 15) is 19.2 Å². The van der Waals surface area contributed by atoms with Gasteiger partial charge in [0.15, 0.2) is 0 Å². The molecule has 0 fully saturated rings. The maximum absolute atomic E-state index is 12.0. The first-order valence-corrected chi connectivity index (χ1v) is 24.1. The van der Waals surface area contributed by atoms with Gasteiger partial charge < -0.3 is 33.5 Å². The van der Waals surface area contributed by atoms with Crippen molar-refractivity contribution in [2.24, 2.45) is 0 Å². The van der Waals surface area contributed by atoms with Gasteiger partial charge in [-0.05, 0) is 146 Å². The van der Waals surface area contributed by atoms with E-state index in [0.29, 0.717) is 53.7 Å². The first kappa shape index (κ1) is 53.9. The second kappa shape index (κ2) is 25.6. The lowest BCUT2D eigenvalue weighted by Gasteiger charge is -2.28. The van der Waals surface area contributed by atoms with Crippen LogP contribution in [0.5, 0.6) is 5.75 Å². The molecule has 0 aliphatic heterocycles. The Balaban J connectivity index is 1.31. The molecule has 0 unspecified atom stereocenters. The minimum Gasteiger partial charge on any atom is -0.495 e. The van der Waals surface area contributed by atoms with Crippen LogP contribution in [-0.2, 0) is 63.8 Å². The number of nitrogens with zero attached hydrogens (tertiary/aromatic N) is 2. The molecule has 0 saturated carbocycles. The summed E-state index contributed by atoms with van der Waals surface area (Å²) in [6, 6.07) is 45.2. The summed E-state index contributed by atoms with van der Waals surface area (Å²) < 4.78 is 27.6. The molecule has 0 spiro atoms. The Kier molecular flexibility index (Phi) is 18.9. The molecule has 0 saturated heterocycles. The zero-order valence-corrected chi connectivity index (χ0v) is 42.8. The van der Waals surface area contributed by atoms with Crippen LogP contribution in [0.3, 0.4) is 0 Å². The van der Waals surface area contributed by atoms with E-state index in [1.807, 2.05) is 78.9 Å². The van der Waals surface area contributed by atoms with Crippen LogP contribution >= 0.6 is 0 Å². The van der Waals surface area contributed by atoms with Gasteiger partial charge in [-0.3, -0.25) is 0 Å². The highest BCUT2D eigenvalue weighted by Gasteiger charge is 2.21. The average Bonchev–Trinajstić information content (AvgIpc) is 3.38. The zero-order valence-electron chi connectivity index (χ0n) is 42.8. The van der Waals surface area contributed by atoms with Crippen LogP contribution in [0.25, 0.3) is 11.1 Å². The molecule has 6 rings (SSSR count). The van der Waals surface area contributed by atoms with Crippen molar-refractivity contribution in [3.63, 3.8) is 0 Å². The predicted octanol–water partition coefficient (Wildman–Crippen LogP) is 13.3. The van der Waals surface area contributed by atoms with Crippen molar-refractivity contribution in [3.05, 3.63) is 210 Å². The summed E-state index contributed by atoms with van der Waals surface area (Å²) in [6.45, 7) is 24.3. The lowest BCUT2D eigenvalue weighted by molar-refractivity contribution is -0.139. The average molecular weight is 981 g/mol. The second-order valence-corrected chi connectivity index (χ2v) is 17.9. The molecule has 11 nitrogen and oxygen atoms in total. The van der Waals surface area contributed by atoms with Crippen LogP contribution in [0, 0.1) is 6.92 Å². The number of ether oxygens (including phenoxy) is 5. The normalized spacial score (nSPS) is 10.7. The number of hydrogen-bond donors (Lipinski definition) is 0. The third-order valence-electron chi connectivity index (χ3n) is 11.9. The molecule has 0 bridgehead atoms. The molecule has 376 valence electrons. The standard InChI is InChI=1S/C62H64N2O9/c1-41(2)59(65)70-35-31-46-11-21-52(22-12-46)63(53-23-13-47(14-24-53)32-36-71-60(66)42(3)4)56-29-19-50(39-45(56)9)51-20-30-57(58(40-51)69-10)64(54-25-15-48(16-26-54)33-37-72-61(67)43(5)6)55-27-17-49(18-28-55)34-38-73-62(68)44(7)8/h11-30,39-40H,1,3,5,7,31-38H2,2,4,6,8-10H3. The van der Waals surface area contributed by atoms with Gasteiger partial charge in [-0.15, -0.1) is 0 Å². The Morgan fingerprint density at radius 1 is 0.397 bits per heavy atom. The minimum atomic E-state index is -0.413. The topological polar surface area (TPSA) is 121 Å². The van der Waals surface area contributed by atoms with E-state index in [4.69, 9.17) is 23.7 Å². The van der Waals surface area contributed by atoms with Crippen LogP contribution in [0.15, 0.2) is 182 Å². The SMILES string of the molecule is C=C(C)C(=O)OCCc1ccc(N(c2ccc(CCOC(=O)C(=C)C)cc2)c2ccc(-c3ccc(N(c4ccc(CCOC(=O)C(=C)C)cc4)c4ccc(CCOC(=O)C(=C)C)cc4)c(OC)c3)cc2C)cc1. The second-order valence-electron chi connectivity index (χ2n) is 17.9. The fourth-order valence-electron chi connectivity index (χ4n) is 7.77. The summed E-state index contributed by atoms with van der Waals surface area (Å²) in [7, 11) is 1.66. The van der Waals surface area contributed by atoms with Crippen molar-refractivity contribution in [1.82, 2.24) is 0 Å². The number of benzene rings is 6. The molecular formula is C62H64N2O9. The largest absolute Gasteiger partial charge is 0.495 e. The number of hydrogen-bond acceptors (Lipinski definition) is 11. The van der Waals surface area contributed by atoms with Crippen LogP contribution in [0.1, 0.15) is 55.5 Å². The van der Waals surface area contributed by atoms with E-state index in [-0.39, 0.29) is 26.4 Å². The molecule has 11 heteroatoms. The van der Waals surface area contributed by atoms with E-state index < -0.39 is 23.9 Å². The Morgan fingerprint density at radius 2 is 0.671 bits per heavy atom. The van der Waals surface area contributed by atoms with E-state index in [1.54, 1.807) is 34.8 Å². The van der Waals surface area contributed by atoms with Crippen LogP contribution in [0.2, 0.25) is 0 Å². The summed E-state index contributed by atoms with van der Waals surface area (Å²) in [5, 5.41) is 0. The van der Waals surface area contributed by atoms with Crippen molar-refractivity contribution in [2.45, 2.75) is 60.3 Å². The fourth-order valence-corrected chi connectivity index (χ4v) is 7.77. The molecule has 0 radical (unpaired) electrons. The summed E-state index contributed by atoms with van der Waals surface area (Å²) in [5.41, 5.74) is 13.9. The van der Waals surface area contributed by atoms with Gasteiger partial charge in [0.05, 0.1) is 39.2 Å². The molecule has 0 N–H and O–H groups in total. The molecule has 73 heavy (non-hydrogen) atoms. The smallest absolute Gasteiger partial charge is 0.333 e. The Labute approximate surface area is 429 Å². The number of carbonyl (C=O) groups excluding carboxylic acids is 4. The number of esters is 4. The molecule has 0 atom stereocenters. The Bertz CT molecular complexity index is 2820. The maximum atomic E-state index is 12.0. The Morgan fingerprint density at radius 3 is 0.945 bits per heavy atom. The van der Waals surface area contributed by atoms with E-state index in [0.717, 1.165) is 73.1 Å². The molecule has 6 aromatic rings. The van der Waals surface area contributed by atoms with Gasteiger partial charge in [-0.1, -0.05) is 87.0 Å². The summed E-state index contributed by atoms with van der Waals surface area (Å²) in [5.74, 6) is -0.989. The molecule has 6 aromatic carbocycles. The molecule has 0 aliphatic carbocycles. The predicted molar refractivity (Wildman–Crippen MR) is 290 cm³/mol. The van der Waals surface area contributed by atoms with Gasteiger partial charge in [0.25, 0.3) is 0 Å². The van der Waals surface area contributed by atoms with Crippen LogP contribution < -0.4 is 14.5 Å². The number of carbonyl (C=O) groups is 4. The van der Waals surface area contributed by atoms with Crippen molar-refractivity contribution >= 4 is 58.0 Å². The molecule has 0 aliphatic rings. The van der Waals surface area contributed by atoms with Gasteiger partial charge in [-0.25, -0.2) is 19.2 Å². The molecule has 0 amide bonds. The maximum Gasteiger partial charge on any atom is 0.333 e. The summed E-state index contributed by atoms with van der Waals surface area (Å²) in [6.07, 6.45) is 2.21. The van der Waals surface area contributed by atoms with Gasteiger partial charge in [0.2, 0.25) is 0 Å². The van der Waals surface area contributed by atoms with E-state index in [1.165, 1.54) is 0 Å². The van der Waals surface area contributed by atoms with Gasteiger partial charge in [-0.2, -0.15) is 0 Å². The first-order valence-electron chi connectivity index (χ1n) is 24.1. The van der Waals surface area contributed by atoms with Gasteiger partial charge in [0.1, 0.15) is 5.75 Å². The highest BCUT2D eigenvalue weighted by Crippen LogP contribution is 2.44. The van der Waals surface area contributed by atoms with Crippen molar-refractivity contribution < 1.29 is 42.9 Å². The third kappa shape index (κ3) is 14.8. The number of aryl methyl sites for hydroxylation is 1. The Hall–Kier alpha value is -8.44. The number of methoxy groups -OCH3 is 1. The first-order chi connectivity index (χ1) is 35.0. The van der Waals surface area contributed by atoms with Gasteiger partial charge >= 0.3 is 23.9 Å². The third-order valence-corrected chi connectivity index (χ3v) is 11.9. The number of rotatable bonds is 24. The van der Waals surface area contributed by atoms with Gasteiger partial charge in [0, 0.05) is 76.4 Å². The zero-order chi connectivity index (χ0) is 52.6. The molecular weight excluding hydrogens is 917 g/mol. The molecule has 0 aromatic heterocycles. The number of anilines is 6. The lowest BCUT2D eigenvalue weighted by atomic mass is 9.99. The van der Waals surface area contributed by atoms with Crippen molar-refractivity contribution in [3.8, 4) is 16.9 Å². The minimum absolute atomic E-state index is 0.238. The summed E-state index contributed by atoms with van der Waals surface area (Å²) >= 11 is 0. The highest BCUT2D eigenvalue weighted by atomic mass is 16.5. The fraction of sp³-hybridized carbons (Fsp3) is 0.226. The quantitative estimate of drug-likeness (QED) is 0.0327. The van der Waals surface area contributed by atoms with Crippen molar-refractivity contribution in [1.29, 1.82) is 0 Å². The van der Waals surface area contributed by atoms with E-state index in [2.05, 4.69) is 97.6 Å². The summed E-state index contributed by atoms with van der Waals surface area (Å²) in [4.78, 5) is 52.3. The highest BCUT2D eigenvalue weighted by molar-refractivity contribution is 5.89. The molecule has 0 heterocycles. The van der Waals surface area contributed by atoms with Crippen molar-refractivity contribution in [2.75, 3.05) is 43.3 Å². The van der Waals surface area contributed by atoms with Crippen LogP contribution in [0.4, 0.5) is 34.1 Å². The van der Waals surface area contributed by atoms with E-state index >= 15 is 0 Å².